The second-order valence-electron chi connectivity index (χ2n) is 8.69. The zero-order chi connectivity index (χ0) is 22.2. The number of aromatic nitrogens is 4. The molecule has 2 atom stereocenters. The minimum atomic E-state index is -0.892. The standard InChI is InChI=1S/C23H29FN6O2.ClH/c1-14-7-16-10-26-30(21(16)8-19(14)18-3-4-25-11-20(18)24)23-9-22(27-15(2)28-23)29-12-17(13-29)32-6-5-31;/h7-10,17-18,20,25,31H,3-6,11-13H2,1-2H3;1H. The fourth-order valence-electron chi connectivity index (χ4n) is 4.71. The van der Waals surface area contributed by atoms with Gasteiger partial charge >= 0.3 is 0 Å². The van der Waals surface area contributed by atoms with Crippen LogP contribution in [0, 0.1) is 13.8 Å². The minimum absolute atomic E-state index is 0. The first kappa shape index (κ1) is 23.8. The van der Waals surface area contributed by atoms with Crippen molar-refractivity contribution in [2.45, 2.75) is 38.5 Å². The van der Waals surface area contributed by atoms with E-state index in [0.717, 1.165) is 53.9 Å². The molecule has 2 aromatic heterocycles. The van der Waals surface area contributed by atoms with Gasteiger partial charge in [0.25, 0.3) is 0 Å². The van der Waals surface area contributed by atoms with Crippen LogP contribution in [0.2, 0.25) is 0 Å². The second kappa shape index (κ2) is 9.89. The topological polar surface area (TPSA) is 88.3 Å². The van der Waals surface area contributed by atoms with Gasteiger partial charge in [-0.1, -0.05) is 0 Å². The number of aliphatic hydroxyl groups excluding tert-OH is 1. The molecule has 3 aromatic rings. The molecule has 4 heterocycles. The summed E-state index contributed by atoms with van der Waals surface area (Å²) in [5, 5.41) is 17.7. The number of aryl methyl sites for hydroxylation is 2. The molecule has 2 aliphatic heterocycles. The smallest absolute Gasteiger partial charge is 0.159 e. The van der Waals surface area contributed by atoms with Crippen molar-refractivity contribution in [2.75, 3.05) is 44.3 Å². The van der Waals surface area contributed by atoms with E-state index in [1.165, 1.54) is 0 Å². The molecule has 0 spiro atoms. The molecule has 178 valence electrons. The number of anilines is 1. The normalized spacial score (nSPS) is 21.2. The van der Waals surface area contributed by atoms with E-state index >= 15 is 0 Å². The van der Waals surface area contributed by atoms with E-state index in [1.54, 1.807) is 0 Å². The summed E-state index contributed by atoms with van der Waals surface area (Å²) >= 11 is 0. The van der Waals surface area contributed by atoms with Gasteiger partial charge in [-0.15, -0.1) is 12.4 Å². The fourth-order valence-corrected chi connectivity index (χ4v) is 4.71. The van der Waals surface area contributed by atoms with E-state index in [2.05, 4.69) is 37.4 Å². The van der Waals surface area contributed by atoms with Crippen molar-refractivity contribution >= 4 is 29.1 Å². The number of fused-ring (bicyclic) bond motifs is 1. The highest BCUT2D eigenvalue weighted by molar-refractivity contribution is 5.85. The first-order chi connectivity index (χ1) is 15.5. The number of aliphatic hydroxyl groups is 1. The first-order valence-corrected chi connectivity index (χ1v) is 11.2. The van der Waals surface area contributed by atoms with E-state index in [1.807, 2.05) is 30.8 Å². The van der Waals surface area contributed by atoms with Gasteiger partial charge in [-0.25, -0.2) is 19.0 Å². The molecule has 2 saturated heterocycles. The summed E-state index contributed by atoms with van der Waals surface area (Å²) in [6.07, 6.45) is 1.83. The molecule has 8 nitrogen and oxygen atoms in total. The highest BCUT2D eigenvalue weighted by Crippen LogP contribution is 2.33. The van der Waals surface area contributed by atoms with Crippen LogP contribution < -0.4 is 10.2 Å². The summed E-state index contributed by atoms with van der Waals surface area (Å²) < 4.78 is 22.1. The van der Waals surface area contributed by atoms with E-state index in [9.17, 15) is 4.39 Å². The van der Waals surface area contributed by atoms with Gasteiger partial charge in [0.1, 0.15) is 17.8 Å². The highest BCUT2D eigenvalue weighted by Gasteiger charge is 2.30. The molecule has 0 amide bonds. The van der Waals surface area contributed by atoms with Crippen molar-refractivity contribution < 1.29 is 14.2 Å². The third kappa shape index (κ3) is 4.68. The number of nitrogens with one attached hydrogen (secondary N) is 1. The highest BCUT2D eigenvalue weighted by atomic mass is 35.5. The predicted octanol–water partition coefficient (Wildman–Crippen LogP) is 2.47. The van der Waals surface area contributed by atoms with Crippen molar-refractivity contribution in [3.05, 3.63) is 41.3 Å². The Balaban J connectivity index is 0.00000259. The summed E-state index contributed by atoms with van der Waals surface area (Å²) in [5.41, 5.74) is 3.07. The zero-order valence-electron chi connectivity index (χ0n) is 18.9. The number of alkyl halides is 1. The van der Waals surface area contributed by atoms with E-state index < -0.39 is 6.17 Å². The Morgan fingerprint density at radius 2 is 1.97 bits per heavy atom. The summed E-state index contributed by atoms with van der Waals surface area (Å²) in [5.74, 6) is 2.08. The van der Waals surface area contributed by atoms with Gasteiger partial charge in [0, 0.05) is 37.0 Å². The fraction of sp³-hybridized carbons (Fsp3) is 0.522. The maximum absolute atomic E-state index is 14.7. The van der Waals surface area contributed by atoms with Crippen LogP contribution in [-0.2, 0) is 4.74 Å². The number of rotatable bonds is 6. The molecule has 2 N–H and O–H groups in total. The van der Waals surface area contributed by atoms with Gasteiger partial charge in [0.2, 0.25) is 0 Å². The quantitative estimate of drug-likeness (QED) is 0.565. The molecule has 2 aliphatic rings. The third-order valence-corrected chi connectivity index (χ3v) is 6.41. The molecule has 2 fully saturated rings. The van der Waals surface area contributed by atoms with Gasteiger partial charge in [0.15, 0.2) is 5.82 Å². The predicted molar refractivity (Wildman–Crippen MR) is 128 cm³/mol. The van der Waals surface area contributed by atoms with Gasteiger partial charge in [-0.05, 0) is 50.1 Å². The van der Waals surface area contributed by atoms with Crippen molar-refractivity contribution in [3.8, 4) is 5.82 Å². The Hall–Kier alpha value is -2.33. The lowest BCUT2D eigenvalue weighted by atomic mass is 9.85. The molecule has 33 heavy (non-hydrogen) atoms. The summed E-state index contributed by atoms with van der Waals surface area (Å²) in [6.45, 7) is 6.98. The number of ether oxygens (including phenoxy) is 1. The molecule has 0 radical (unpaired) electrons. The Labute approximate surface area is 198 Å². The van der Waals surface area contributed by atoms with Crippen LogP contribution in [-0.4, -0.2) is 76.5 Å². The number of piperidine rings is 1. The molecular weight excluding hydrogens is 447 g/mol. The minimum Gasteiger partial charge on any atom is -0.394 e. The molecule has 0 bridgehead atoms. The Bertz CT molecular complexity index is 1120. The Kier molecular flexibility index (Phi) is 7.13. The van der Waals surface area contributed by atoms with Crippen molar-refractivity contribution in [3.63, 3.8) is 0 Å². The molecular formula is C23H30ClFN6O2. The SMILES string of the molecule is Cc1nc(N2CC(OCCO)C2)cc(-n2ncc3cc(C)c(C4CCNCC4F)cc32)n1.Cl. The molecule has 5 rings (SSSR count). The molecule has 0 aliphatic carbocycles. The lowest BCUT2D eigenvalue weighted by molar-refractivity contribution is 0.0132. The molecule has 0 saturated carbocycles. The van der Waals surface area contributed by atoms with Gasteiger partial charge in [-0.3, -0.25) is 0 Å². The van der Waals surface area contributed by atoms with Gasteiger partial charge in [0.05, 0.1) is 31.0 Å². The van der Waals surface area contributed by atoms with Crippen LogP contribution in [0.25, 0.3) is 16.7 Å². The third-order valence-electron chi connectivity index (χ3n) is 6.41. The van der Waals surface area contributed by atoms with Crippen LogP contribution in [0.15, 0.2) is 24.4 Å². The van der Waals surface area contributed by atoms with Gasteiger partial charge < -0.3 is 20.1 Å². The maximum atomic E-state index is 14.7. The Morgan fingerprint density at radius 3 is 2.73 bits per heavy atom. The van der Waals surface area contributed by atoms with Gasteiger partial charge in [-0.2, -0.15) is 5.10 Å². The van der Waals surface area contributed by atoms with Crippen LogP contribution in [0.4, 0.5) is 10.2 Å². The van der Waals surface area contributed by atoms with Crippen LogP contribution in [0.3, 0.4) is 0 Å². The molecule has 1 aromatic carbocycles. The number of halogens is 2. The van der Waals surface area contributed by atoms with Crippen molar-refractivity contribution in [2.24, 2.45) is 0 Å². The number of benzene rings is 1. The number of hydrogen-bond donors (Lipinski definition) is 2. The van der Waals surface area contributed by atoms with E-state index in [-0.39, 0.29) is 31.0 Å². The summed E-state index contributed by atoms with van der Waals surface area (Å²) in [4.78, 5) is 11.3. The largest absolute Gasteiger partial charge is 0.394 e. The first-order valence-electron chi connectivity index (χ1n) is 11.2. The average molecular weight is 477 g/mol. The summed E-state index contributed by atoms with van der Waals surface area (Å²) in [6, 6.07) is 6.11. The lowest BCUT2D eigenvalue weighted by Gasteiger charge is -2.39. The monoisotopic (exact) mass is 476 g/mol. The van der Waals surface area contributed by atoms with E-state index in [4.69, 9.17) is 9.84 Å². The van der Waals surface area contributed by atoms with Crippen LogP contribution in [0.5, 0.6) is 0 Å². The van der Waals surface area contributed by atoms with Crippen molar-refractivity contribution in [1.82, 2.24) is 25.1 Å². The molecule has 2 unspecified atom stereocenters. The number of hydrogen-bond acceptors (Lipinski definition) is 7. The maximum Gasteiger partial charge on any atom is 0.159 e. The molecule has 10 heteroatoms. The lowest BCUT2D eigenvalue weighted by Crippen LogP contribution is -2.53. The van der Waals surface area contributed by atoms with Crippen LogP contribution >= 0.6 is 12.4 Å². The average Bonchev–Trinajstić information content (AvgIpc) is 3.15. The van der Waals surface area contributed by atoms with Crippen LogP contribution in [0.1, 0.15) is 29.3 Å². The number of nitrogens with zero attached hydrogens (tertiary/aromatic N) is 5. The Morgan fingerprint density at radius 1 is 1.18 bits per heavy atom. The zero-order valence-corrected chi connectivity index (χ0v) is 19.7. The van der Waals surface area contributed by atoms with E-state index in [0.29, 0.717) is 24.8 Å². The second-order valence-corrected chi connectivity index (χ2v) is 8.69. The summed E-state index contributed by atoms with van der Waals surface area (Å²) in [7, 11) is 0. The van der Waals surface area contributed by atoms with Crippen molar-refractivity contribution in [1.29, 1.82) is 0 Å².